The van der Waals surface area contributed by atoms with Gasteiger partial charge in [-0.2, -0.15) is 0 Å². The molecule has 0 radical (unpaired) electrons. The molecule has 0 aliphatic heterocycles. The lowest BCUT2D eigenvalue weighted by molar-refractivity contribution is -0.136. The first-order valence-electron chi connectivity index (χ1n) is 10.1. The Labute approximate surface area is 168 Å². The van der Waals surface area contributed by atoms with Crippen LogP contribution in [-0.4, -0.2) is 61.7 Å². The summed E-state index contributed by atoms with van der Waals surface area (Å²) in [6.07, 6.45) is 6.34. The van der Waals surface area contributed by atoms with Crippen molar-refractivity contribution in [1.29, 1.82) is 0 Å². The van der Waals surface area contributed by atoms with E-state index in [2.05, 4.69) is 26.4 Å². The maximum Gasteiger partial charge on any atom is 0.269 e. The highest BCUT2D eigenvalue weighted by atomic mass is 16.3. The molecule has 10 nitrogen and oxygen atoms in total. The van der Waals surface area contributed by atoms with Crippen LogP contribution in [0.15, 0.2) is 4.99 Å². The lowest BCUT2D eigenvalue weighted by Gasteiger charge is -2.13. The van der Waals surface area contributed by atoms with Crippen LogP contribution < -0.4 is 33.0 Å². The van der Waals surface area contributed by atoms with E-state index in [0.717, 1.165) is 51.6 Å². The molecule has 0 heterocycles. The zero-order valence-electron chi connectivity index (χ0n) is 17.1. The molecule has 0 aromatic carbocycles. The van der Waals surface area contributed by atoms with Gasteiger partial charge in [0.25, 0.3) is 5.91 Å². The van der Waals surface area contributed by atoms with E-state index in [0.29, 0.717) is 19.5 Å². The Morgan fingerprint density at radius 3 is 2.50 bits per heavy atom. The number of hydrogen-bond acceptors (Lipinski definition) is 7. The SMILES string of the molecule is C[C@@H](N)CCNCCCCNC(=O)[C@H](O)NC(=O)CCCCCCN=CNN. The summed E-state index contributed by atoms with van der Waals surface area (Å²) in [5, 5.41) is 17.9. The Hall–Kier alpha value is -1.75. The third kappa shape index (κ3) is 17.7. The van der Waals surface area contributed by atoms with E-state index in [1.54, 1.807) is 0 Å². The van der Waals surface area contributed by atoms with Crippen LogP contribution in [0.2, 0.25) is 0 Å². The van der Waals surface area contributed by atoms with Crippen LogP contribution in [0.1, 0.15) is 58.3 Å². The number of aliphatic imine (C=N–C) groups is 1. The number of amides is 2. The van der Waals surface area contributed by atoms with Crippen molar-refractivity contribution in [2.24, 2.45) is 16.6 Å². The van der Waals surface area contributed by atoms with Crippen molar-refractivity contribution in [2.45, 2.75) is 70.6 Å². The van der Waals surface area contributed by atoms with Crippen LogP contribution >= 0.6 is 0 Å². The standard InChI is InChI=1S/C18H39N7O3/c1-15(19)9-13-21-10-6-7-12-23-17(27)18(28)25-16(26)8-4-2-3-5-11-22-14-24-20/h14-15,18,21,28H,2-13,19-20H2,1H3,(H,22,24)(H,23,27)(H,25,26)/t15-,18+/m1/s1. The van der Waals surface area contributed by atoms with Crippen LogP contribution in [0.3, 0.4) is 0 Å². The first-order chi connectivity index (χ1) is 13.5. The Balaban J connectivity index is 3.57. The number of carbonyl (C=O) groups excluding carboxylic acids is 2. The van der Waals surface area contributed by atoms with E-state index in [4.69, 9.17) is 11.6 Å². The number of nitrogens with one attached hydrogen (secondary N) is 4. The van der Waals surface area contributed by atoms with Crippen molar-refractivity contribution in [1.82, 2.24) is 21.4 Å². The first-order valence-corrected chi connectivity index (χ1v) is 10.1. The van der Waals surface area contributed by atoms with E-state index in [1.807, 2.05) is 6.92 Å². The van der Waals surface area contributed by atoms with Crippen LogP contribution in [0.4, 0.5) is 0 Å². The van der Waals surface area contributed by atoms with Crippen LogP contribution in [0, 0.1) is 0 Å². The number of rotatable bonds is 18. The lowest BCUT2D eigenvalue weighted by Crippen LogP contribution is -2.46. The summed E-state index contributed by atoms with van der Waals surface area (Å²) >= 11 is 0. The van der Waals surface area contributed by atoms with Gasteiger partial charge in [0, 0.05) is 25.6 Å². The fourth-order valence-electron chi connectivity index (χ4n) is 2.39. The third-order valence-electron chi connectivity index (χ3n) is 4.01. The second kappa shape index (κ2) is 18.6. The molecule has 164 valence electrons. The molecule has 0 unspecified atom stereocenters. The number of nitrogens with two attached hydrogens (primary N) is 2. The Bertz CT molecular complexity index is 433. The zero-order valence-corrected chi connectivity index (χ0v) is 17.1. The van der Waals surface area contributed by atoms with Gasteiger partial charge in [-0.25, -0.2) is 5.84 Å². The van der Waals surface area contributed by atoms with Crippen molar-refractivity contribution in [3.63, 3.8) is 0 Å². The highest BCUT2D eigenvalue weighted by Gasteiger charge is 2.16. The summed E-state index contributed by atoms with van der Waals surface area (Å²) in [5.41, 5.74) is 7.99. The van der Waals surface area contributed by atoms with E-state index in [1.165, 1.54) is 6.34 Å². The van der Waals surface area contributed by atoms with Crippen molar-refractivity contribution < 1.29 is 14.7 Å². The summed E-state index contributed by atoms with van der Waals surface area (Å²) in [6, 6.07) is 0.197. The fourth-order valence-corrected chi connectivity index (χ4v) is 2.39. The minimum atomic E-state index is -1.50. The van der Waals surface area contributed by atoms with Gasteiger partial charge < -0.3 is 32.2 Å². The number of hydrogen-bond donors (Lipinski definition) is 7. The smallest absolute Gasteiger partial charge is 0.269 e. The zero-order chi connectivity index (χ0) is 21.0. The minimum Gasteiger partial charge on any atom is -0.365 e. The lowest BCUT2D eigenvalue weighted by atomic mass is 10.1. The normalized spacial score (nSPS) is 13.3. The molecule has 0 saturated carbocycles. The second-order valence-corrected chi connectivity index (χ2v) is 6.85. The average molecular weight is 402 g/mol. The topological polar surface area (TPSA) is 167 Å². The molecule has 0 aromatic heterocycles. The monoisotopic (exact) mass is 401 g/mol. The molecule has 2 atom stereocenters. The molecule has 0 bridgehead atoms. The predicted molar refractivity (Wildman–Crippen MR) is 111 cm³/mol. The number of unbranched alkanes of at least 4 members (excludes halogenated alkanes) is 4. The molecule has 10 heteroatoms. The van der Waals surface area contributed by atoms with Crippen molar-refractivity contribution >= 4 is 18.2 Å². The highest BCUT2D eigenvalue weighted by Crippen LogP contribution is 2.03. The Kier molecular flexibility index (Phi) is 17.4. The van der Waals surface area contributed by atoms with E-state index in [9.17, 15) is 14.7 Å². The summed E-state index contributed by atoms with van der Waals surface area (Å²) in [7, 11) is 0. The minimum absolute atomic E-state index is 0.197. The van der Waals surface area contributed by atoms with Gasteiger partial charge in [0.05, 0.1) is 6.34 Å². The van der Waals surface area contributed by atoms with Gasteiger partial charge in [0.15, 0.2) is 0 Å². The van der Waals surface area contributed by atoms with Gasteiger partial charge in [-0.3, -0.25) is 14.6 Å². The van der Waals surface area contributed by atoms with Crippen molar-refractivity contribution in [2.75, 3.05) is 26.2 Å². The van der Waals surface area contributed by atoms with Crippen LogP contribution in [-0.2, 0) is 9.59 Å². The van der Waals surface area contributed by atoms with Gasteiger partial charge in [-0.1, -0.05) is 12.8 Å². The Morgan fingerprint density at radius 1 is 1.07 bits per heavy atom. The highest BCUT2D eigenvalue weighted by molar-refractivity contribution is 5.86. The third-order valence-corrected chi connectivity index (χ3v) is 4.01. The fraction of sp³-hybridized carbons (Fsp3) is 0.833. The van der Waals surface area contributed by atoms with Crippen LogP contribution in [0.5, 0.6) is 0 Å². The van der Waals surface area contributed by atoms with E-state index in [-0.39, 0.29) is 18.4 Å². The number of carbonyl (C=O) groups is 2. The van der Waals surface area contributed by atoms with E-state index < -0.39 is 12.1 Å². The molecule has 9 N–H and O–H groups in total. The quantitative estimate of drug-likeness (QED) is 0.0389. The second-order valence-electron chi connectivity index (χ2n) is 6.85. The number of aliphatic hydroxyl groups excluding tert-OH is 1. The summed E-state index contributed by atoms with van der Waals surface area (Å²) in [5.74, 6) is 4.14. The molecule has 0 rings (SSSR count). The van der Waals surface area contributed by atoms with Gasteiger partial charge >= 0.3 is 0 Å². The molecular weight excluding hydrogens is 362 g/mol. The van der Waals surface area contributed by atoms with E-state index >= 15 is 0 Å². The molecule has 0 aliphatic carbocycles. The Morgan fingerprint density at radius 2 is 1.79 bits per heavy atom. The molecule has 0 saturated heterocycles. The average Bonchev–Trinajstić information content (AvgIpc) is 2.65. The maximum absolute atomic E-state index is 11.8. The number of nitrogens with zero attached hydrogens (tertiary/aromatic N) is 1. The largest absolute Gasteiger partial charge is 0.365 e. The molecule has 0 spiro atoms. The van der Waals surface area contributed by atoms with Gasteiger partial charge in [0.1, 0.15) is 0 Å². The maximum atomic E-state index is 11.8. The number of aliphatic hydroxyl groups is 1. The number of hydrazine groups is 1. The van der Waals surface area contributed by atoms with Gasteiger partial charge in [-0.05, 0) is 52.1 Å². The first kappa shape index (κ1) is 26.2. The molecule has 0 aromatic rings. The summed E-state index contributed by atoms with van der Waals surface area (Å²) in [4.78, 5) is 27.5. The molecular formula is C18H39N7O3. The molecule has 2 amide bonds. The summed E-state index contributed by atoms with van der Waals surface area (Å²) in [6.45, 7) is 4.87. The summed E-state index contributed by atoms with van der Waals surface area (Å²) < 4.78 is 0. The predicted octanol–water partition coefficient (Wildman–Crippen LogP) is -0.914. The molecule has 0 aliphatic rings. The van der Waals surface area contributed by atoms with Gasteiger partial charge in [-0.15, -0.1) is 0 Å². The molecule has 0 fully saturated rings. The molecule has 28 heavy (non-hydrogen) atoms. The van der Waals surface area contributed by atoms with Crippen molar-refractivity contribution in [3.8, 4) is 0 Å². The van der Waals surface area contributed by atoms with Crippen molar-refractivity contribution in [3.05, 3.63) is 0 Å². The van der Waals surface area contributed by atoms with Crippen LogP contribution in [0.25, 0.3) is 0 Å². The van der Waals surface area contributed by atoms with Gasteiger partial charge in [0.2, 0.25) is 12.1 Å².